The number of piperidine rings is 1. The SMILES string of the molecule is C=C/C=C(/C)C(=NC)[C@H]1CCC[C@@H](c2nc3c(N4CCN(C)CC4)cccc3[nH]2)N1C. The summed E-state index contributed by atoms with van der Waals surface area (Å²) in [6.45, 7) is 10.3. The van der Waals surface area contributed by atoms with E-state index in [1.807, 2.05) is 13.1 Å². The molecule has 0 aliphatic carbocycles. The van der Waals surface area contributed by atoms with E-state index in [0.29, 0.717) is 6.04 Å². The van der Waals surface area contributed by atoms with Crippen LogP contribution in [-0.2, 0) is 0 Å². The van der Waals surface area contributed by atoms with Crippen LogP contribution in [0.2, 0.25) is 0 Å². The second-order valence-corrected chi connectivity index (χ2v) is 8.91. The lowest BCUT2D eigenvalue weighted by molar-refractivity contribution is 0.148. The predicted molar refractivity (Wildman–Crippen MR) is 131 cm³/mol. The molecule has 2 aromatic rings. The molecule has 2 saturated heterocycles. The number of piperazine rings is 1. The summed E-state index contributed by atoms with van der Waals surface area (Å²) in [6.07, 6.45) is 7.30. The highest BCUT2D eigenvalue weighted by Gasteiger charge is 2.34. The van der Waals surface area contributed by atoms with Gasteiger partial charge in [-0.1, -0.05) is 24.8 Å². The lowest BCUT2D eigenvalue weighted by Gasteiger charge is -2.39. The van der Waals surface area contributed by atoms with Gasteiger partial charge in [0.15, 0.2) is 0 Å². The number of aromatic nitrogens is 2. The fourth-order valence-electron chi connectivity index (χ4n) is 5.14. The maximum absolute atomic E-state index is 5.16. The van der Waals surface area contributed by atoms with Gasteiger partial charge in [0.1, 0.15) is 11.3 Å². The number of hydrogen-bond donors (Lipinski definition) is 1. The molecule has 2 aliphatic heterocycles. The van der Waals surface area contributed by atoms with Crippen LogP contribution in [-0.4, -0.2) is 78.8 Å². The minimum atomic E-state index is 0.264. The molecule has 0 saturated carbocycles. The van der Waals surface area contributed by atoms with Crippen LogP contribution in [0.1, 0.15) is 38.1 Å². The standard InChI is InChI=1S/C25H36N6/c1-6-9-18(2)23(26-3)20-11-8-13-22(30(20)5)25-27-19-10-7-12-21(24(19)28-25)31-16-14-29(4)15-17-31/h6-7,9-10,12,20,22H,1,8,11,13-17H2,2-5H3,(H,27,28)/b18-9-,26-23?/t20-,22+/m1/s1. The van der Waals surface area contributed by atoms with E-state index in [4.69, 9.17) is 4.98 Å². The monoisotopic (exact) mass is 420 g/mol. The van der Waals surface area contributed by atoms with Gasteiger partial charge in [-0.25, -0.2) is 4.98 Å². The Hall–Kier alpha value is -2.44. The molecule has 0 bridgehead atoms. The molecule has 0 amide bonds. The Morgan fingerprint density at radius 2 is 1.97 bits per heavy atom. The molecule has 166 valence electrons. The number of likely N-dealkylation sites (N-methyl/N-ethyl adjacent to an activating group) is 1. The van der Waals surface area contributed by atoms with Crippen molar-refractivity contribution in [2.75, 3.05) is 52.2 Å². The van der Waals surface area contributed by atoms with Gasteiger partial charge >= 0.3 is 0 Å². The average Bonchev–Trinajstić information content (AvgIpc) is 3.20. The smallest absolute Gasteiger partial charge is 0.124 e. The van der Waals surface area contributed by atoms with Crippen LogP contribution in [0.4, 0.5) is 5.69 Å². The van der Waals surface area contributed by atoms with E-state index in [2.05, 4.69) is 76.5 Å². The quantitative estimate of drug-likeness (QED) is 0.586. The highest BCUT2D eigenvalue weighted by Crippen LogP contribution is 2.35. The Morgan fingerprint density at radius 1 is 1.19 bits per heavy atom. The van der Waals surface area contributed by atoms with Crippen molar-refractivity contribution in [2.24, 2.45) is 4.99 Å². The number of benzene rings is 1. The van der Waals surface area contributed by atoms with E-state index >= 15 is 0 Å². The Morgan fingerprint density at radius 3 is 2.68 bits per heavy atom. The number of rotatable bonds is 5. The van der Waals surface area contributed by atoms with Crippen LogP contribution >= 0.6 is 0 Å². The molecule has 1 N–H and O–H groups in total. The molecule has 1 aromatic carbocycles. The molecular weight excluding hydrogens is 384 g/mol. The molecule has 1 aromatic heterocycles. The van der Waals surface area contributed by atoms with Crippen LogP contribution < -0.4 is 4.90 Å². The van der Waals surface area contributed by atoms with Gasteiger partial charge in [0.2, 0.25) is 0 Å². The van der Waals surface area contributed by atoms with E-state index in [-0.39, 0.29) is 6.04 Å². The normalized spacial score (nSPS) is 24.7. The van der Waals surface area contributed by atoms with Gasteiger partial charge in [-0.3, -0.25) is 9.89 Å². The topological polar surface area (TPSA) is 50.8 Å². The largest absolute Gasteiger partial charge is 0.367 e. The summed E-state index contributed by atoms with van der Waals surface area (Å²) in [5.41, 5.74) is 5.83. The number of fused-ring (bicyclic) bond motifs is 1. The molecule has 0 spiro atoms. The van der Waals surface area contributed by atoms with E-state index in [1.165, 1.54) is 17.7 Å². The third-order valence-corrected chi connectivity index (χ3v) is 6.94. The molecular formula is C25H36N6. The molecule has 2 atom stereocenters. The third-order valence-electron chi connectivity index (χ3n) is 6.94. The Kier molecular flexibility index (Phi) is 6.58. The first-order valence-corrected chi connectivity index (χ1v) is 11.4. The van der Waals surface area contributed by atoms with Crippen LogP contribution in [0.15, 0.2) is 47.5 Å². The molecule has 6 heteroatoms. The van der Waals surface area contributed by atoms with Crippen molar-refractivity contribution in [2.45, 2.75) is 38.3 Å². The highest BCUT2D eigenvalue weighted by molar-refractivity contribution is 6.03. The lowest BCUT2D eigenvalue weighted by atomic mass is 9.90. The van der Waals surface area contributed by atoms with Crippen molar-refractivity contribution in [1.82, 2.24) is 19.8 Å². The first-order chi connectivity index (χ1) is 15.0. The zero-order chi connectivity index (χ0) is 22.0. The van der Waals surface area contributed by atoms with Gasteiger partial charge in [-0.05, 0) is 58.0 Å². The van der Waals surface area contributed by atoms with Gasteiger partial charge in [-0.15, -0.1) is 0 Å². The Bertz CT molecular complexity index is 979. The fourth-order valence-corrected chi connectivity index (χ4v) is 5.14. The molecule has 6 nitrogen and oxygen atoms in total. The molecule has 31 heavy (non-hydrogen) atoms. The molecule has 2 aliphatic rings. The van der Waals surface area contributed by atoms with Gasteiger partial charge in [0.25, 0.3) is 0 Å². The summed E-state index contributed by atoms with van der Waals surface area (Å²) in [5, 5.41) is 0. The Labute approximate surface area is 186 Å². The summed E-state index contributed by atoms with van der Waals surface area (Å²) in [7, 11) is 6.31. The summed E-state index contributed by atoms with van der Waals surface area (Å²) in [4.78, 5) is 20.8. The van der Waals surface area contributed by atoms with Crippen LogP contribution in [0, 0.1) is 0 Å². The van der Waals surface area contributed by atoms with Crippen molar-refractivity contribution < 1.29 is 0 Å². The molecule has 0 unspecified atom stereocenters. The minimum absolute atomic E-state index is 0.264. The number of anilines is 1. The van der Waals surface area contributed by atoms with Crippen molar-refractivity contribution in [3.63, 3.8) is 0 Å². The van der Waals surface area contributed by atoms with E-state index in [9.17, 15) is 0 Å². The molecule has 0 radical (unpaired) electrons. The van der Waals surface area contributed by atoms with E-state index in [0.717, 1.165) is 61.6 Å². The molecule has 4 rings (SSSR count). The van der Waals surface area contributed by atoms with E-state index in [1.54, 1.807) is 0 Å². The van der Waals surface area contributed by atoms with Crippen molar-refractivity contribution in [1.29, 1.82) is 0 Å². The second-order valence-electron chi connectivity index (χ2n) is 8.91. The summed E-state index contributed by atoms with van der Waals surface area (Å²) < 4.78 is 0. The van der Waals surface area contributed by atoms with Gasteiger partial charge in [0, 0.05) is 33.2 Å². The number of nitrogens with zero attached hydrogens (tertiary/aromatic N) is 5. The van der Waals surface area contributed by atoms with Crippen molar-refractivity contribution >= 4 is 22.4 Å². The molecule has 3 heterocycles. The maximum Gasteiger partial charge on any atom is 0.124 e. The van der Waals surface area contributed by atoms with Gasteiger partial charge in [0.05, 0.1) is 29.0 Å². The first-order valence-electron chi connectivity index (χ1n) is 11.4. The number of allylic oxidation sites excluding steroid dienone is 2. The minimum Gasteiger partial charge on any atom is -0.367 e. The summed E-state index contributed by atoms with van der Waals surface area (Å²) >= 11 is 0. The lowest BCUT2D eigenvalue weighted by Crippen LogP contribution is -2.44. The van der Waals surface area contributed by atoms with Crippen LogP contribution in [0.3, 0.4) is 0 Å². The number of likely N-dealkylation sites (tertiary alicyclic amines) is 1. The predicted octanol–water partition coefficient (Wildman–Crippen LogP) is 4.04. The second kappa shape index (κ2) is 9.37. The maximum atomic E-state index is 5.16. The van der Waals surface area contributed by atoms with E-state index < -0.39 is 0 Å². The summed E-state index contributed by atoms with van der Waals surface area (Å²) in [6, 6.07) is 7.08. The number of aliphatic imine (C=N–C) groups is 1. The van der Waals surface area contributed by atoms with Crippen molar-refractivity contribution in [3.05, 3.63) is 48.3 Å². The van der Waals surface area contributed by atoms with Gasteiger partial charge in [-0.2, -0.15) is 0 Å². The average molecular weight is 421 g/mol. The third kappa shape index (κ3) is 4.32. The number of H-pyrrole nitrogens is 1. The van der Waals surface area contributed by atoms with Crippen LogP contribution in [0.5, 0.6) is 0 Å². The number of hydrogen-bond acceptors (Lipinski definition) is 5. The van der Waals surface area contributed by atoms with Crippen molar-refractivity contribution in [3.8, 4) is 0 Å². The van der Waals surface area contributed by atoms with Gasteiger partial charge < -0.3 is 14.8 Å². The number of para-hydroxylation sites is 1. The van der Waals surface area contributed by atoms with Crippen LogP contribution in [0.25, 0.3) is 11.0 Å². The first kappa shape index (κ1) is 21.8. The zero-order valence-corrected chi connectivity index (χ0v) is 19.4. The highest BCUT2D eigenvalue weighted by atomic mass is 15.3. The Balaban J connectivity index is 1.63. The fraction of sp³-hybridized carbons (Fsp3) is 0.520. The molecule has 2 fully saturated rings. The number of imidazole rings is 1. The number of aromatic amines is 1. The number of nitrogens with one attached hydrogen (secondary N) is 1. The summed E-state index contributed by atoms with van der Waals surface area (Å²) in [5.74, 6) is 1.07. The zero-order valence-electron chi connectivity index (χ0n) is 19.4.